The number of hydrogen-bond donors (Lipinski definition) is 0. The van der Waals surface area contributed by atoms with E-state index < -0.39 is 0 Å². The summed E-state index contributed by atoms with van der Waals surface area (Å²) in [5.74, 6) is 0.750. The molecule has 5 heteroatoms. The van der Waals surface area contributed by atoms with Crippen LogP contribution >= 0.6 is 15.9 Å². The smallest absolute Gasteiger partial charge is 0.147 e. The van der Waals surface area contributed by atoms with Gasteiger partial charge in [-0.2, -0.15) is 5.10 Å². The average Bonchev–Trinajstić information content (AvgIpc) is 2.52. The van der Waals surface area contributed by atoms with E-state index in [9.17, 15) is 0 Å². The Morgan fingerprint density at radius 3 is 2.85 bits per heavy atom. The van der Waals surface area contributed by atoms with Crippen molar-refractivity contribution in [2.75, 3.05) is 0 Å². The number of aromatic nitrogens is 4. The summed E-state index contributed by atoms with van der Waals surface area (Å²) in [5.41, 5.74) is 0.898. The van der Waals surface area contributed by atoms with Gasteiger partial charge in [0.15, 0.2) is 0 Å². The largest absolute Gasteiger partial charge is 0.261 e. The van der Waals surface area contributed by atoms with Crippen molar-refractivity contribution < 1.29 is 0 Å². The molecule has 4 nitrogen and oxygen atoms in total. The Morgan fingerprint density at radius 1 is 1.38 bits per heavy atom. The number of hydrogen-bond acceptors (Lipinski definition) is 3. The average molecular weight is 239 g/mol. The molecule has 0 N–H and O–H groups in total. The lowest BCUT2D eigenvalue weighted by atomic mass is 10.4. The van der Waals surface area contributed by atoms with E-state index in [1.807, 2.05) is 13.0 Å². The van der Waals surface area contributed by atoms with Crippen molar-refractivity contribution in [1.29, 1.82) is 0 Å². The molecule has 2 aromatic heterocycles. The lowest BCUT2D eigenvalue weighted by Crippen LogP contribution is -1.95. The van der Waals surface area contributed by atoms with Gasteiger partial charge in [0.25, 0.3) is 0 Å². The first-order valence-electron chi connectivity index (χ1n) is 3.75. The molecule has 0 aromatic carbocycles. The third-order valence-electron chi connectivity index (χ3n) is 1.56. The van der Waals surface area contributed by atoms with Crippen LogP contribution in [-0.2, 0) is 0 Å². The minimum Gasteiger partial charge on any atom is -0.261 e. The molecule has 0 unspecified atom stereocenters. The van der Waals surface area contributed by atoms with Crippen molar-refractivity contribution in [3.8, 4) is 5.69 Å². The molecule has 0 spiro atoms. The van der Waals surface area contributed by atoms with Gasteiger partial charge in [0.2, 0.25) is 0 Å². The highest BCUT2D eigenvalue weighted by molar-refractivity contribution is 9.10. The molecule has 0 amide bonds. The maximum atomic E-state index is 4.17. The number of halogens is 1. The summed E-state index contributed by atoms with van der Waals surface area (Å²) in [4.78, 5) is 8.07. The maximum Gasteiger partial charge on any atom is 0.147 e. The van der Waals surface area contributed by atoms with Crippen molar-refractivity contribution in [2.24, 2.45) is 0 Å². The van der Waals surface area contributed by atoms with Gasteiger partial charge in [-0.3, -0.25) is 4.98 Å². The minimum atomic E-state index is 0.750. The predicted octanol–water partition coefficient (Wildman–Crippen LogP) is 1.73. The zero-order chi connectivity index (χ0) is 9.26. The second-order valence-corrected chi connectivity index (χ2v) is 3.51. The molecule has 0 aliphatic carbocycles. The summed E-state index contributed by atoms with van der Waals surface area (Å²) < 4.78 is 2.62. The molecule has 0 radical (unpaired) electrons. The lowest BCUT2D eigenvalue weighted by molar-refractivity contribution is 0.856. The normalized spacial score (nSPS) is 10.3. The number of aryl methyl sites for hydroxylation is 1. The topological polar surface area (TPSA) is 43.6 Å². The van der Waals surface area contributed by atoms with Crippen molar-refractivity contribution in [1.82, 2.24) is 19.7 Å². The number of nitrogens with zero attached hydrogens (tertiary/aromatic N) is 4. The van der Waals surface area contributed by atoms with E-state index in [2.05, 4.69) is 31.0 Å². The molecule has 2 rings (SSSR count). The van der Waals surface area contributed by atoms with Crippen LogP contribution in [0.1, 0.15) is 5.82 Å². The van der Waals surface area contributed by atoms with E-state index in [0.717, 1.165) is 16.0 Å². The predicted molar refractivity (Wildman–Crippen MR) is 51.6 cm³/mol. The second-order valence-electron chi connectivity index (χ2n) is 2.60. The molecule has 0 bridgehead atoms. The Morgan fingerprint density at radius 2 is 2.23 bits per heavy atom. The van der Waals surface area contributed by atoms with Crippen LogP contribution in [0.2, 0.25) is 0 Å². The highest BCUT2D eigenvalue weighted by Crippen LogP contribution is 2.12. The molecule has 0 aliphatic heterocycles. The fourth-order valence-corrected chi connectivity index (χ4v) is 1.35. The highest BCUT2D eigenvalue weighted by atomic mass is 79.9. The molecule has 66 valence electrons. The van der Waals surface area contributed by atoms with Gasteiger partial charge < -0.3 is 0 Å². The summed E-state index contributed by atoms with van der Waals surface area (Å²) in [6.45, 7) is 1.85. The van der Waals surface area contributed by atoms with Crippen LogP contribution in [-0.4, -0.2) is 19.7 Å². The summed E-state index contributed by atoms with van der Waals surface area (Å²) in [6, 6.07) is 1.93. The first-order chi connectivity index (χ1) is 6.25. The fraction of sp³-hybridized carbons (Fsp3) is 0.125. The Hall–Kier alpha value is -1.23. The van der Waals surface area contributed by atoms with Gasteiger partial charge in [-0.25, -0.2) is 9.67 Å². The van der Waals surface area contributed by atoms with Crippen LogP contribution < -0.4 is 0 Å². The van der Waals surface area contributed by atoms with Crippen LogP contribution in [0.3, 0.4) is 0 Å². The zero-order valence-corrected chi connectivity index (χ0v) is 8.56. The van der Waals surface area contributed by atoms with Crippen LogP contribution in [0.4, 0.5) is 0 Å². The Balaban J connectivity index is 2.46. The van der Waals surface area contributed by atoms with E-state index >= 15 is 0 Å². The number of rotatable bonds is 1. The van der Waals surface area contributed by atoms with Gasteiger partial charge in [-0.15, -0.1) is 0 Å². The van der Waals surface area contributed by atoms with Crippen molar-refractivity contribution in [2.45, 2.75) is 6.92 Å². The van der Waals surface area contributed by atoms with E-state index in [0.29, 0.717) is 0 Å². The third kappa shape index (κ3) is 1.75. The number of pyridine rings is 1. The van der Waals surface area contributed by atoms with E-state index in [1.54, 1.807) is 23.4 Å². The molecule has 0 saturated carbocycles. The molecule has 2 aromatic rings. The zero-order valence-electron chi connectivity index (χ0n) is 6.98. The van der Waals surface area contributed by atoms with E-state index in [1.165, 1.54) is 0 Å². The van der Waals surface area contributed by atoms with Gasteiger partial charge >= 0.3 is 0 Å². The fourth-order valence-electron chi connectivity index (χ4n) is 0.996. The molecule has 0 saturated heterocycles. The van der Waals surface area contributed by atoms with Crippen molar-refractivity contribution >= 4 is 15.9 Å². The molecule has 0 fully saturated rings. The molecule has 0 aliphatic rings. The molecular weight excluding hydrogens is 232 g/mol. The second kappa shape index (κ2) is 3.26. The van der Waals surface area contributed by atoms with Crippen LogP contribution in [0.25, 0.3) is 5.69 Å². The Bertz CT molecular complexity index is 424. The van der Waals surface area contributed by atoms with Gasteiger partial charge in [-0.1, -0.05) is 0 Å². The summed E-state index contributed by atoms with van der Waals surface area (Å²) in [6.07, 6.45) is 5.13. The highest BCUT2D eigenvalue weighted by Gasteiger charge is 1.99. The summed E-state index contributed by atoms with van der Waals surface area (Å²) >= 11 is 3.34. The first-order valence-corrected chi connectivity index (χ1v) is 4.54. The third-order valence-corrected chi connectivity index (χ3v) is 2.00. The molecule has 2 heterocycles. The molecular formula is C8H7BrN4. The first kappa shape index (κ1) is 8.37. The van der Waals surface area contributed by atoms with Gasteiger partial charge in [0.1, 0.15) is 12.2 Å². The van der Waals surface area contributed by atoms with Gasteiger partial charge in [0.05, 0.1) is 11.9 Å². The molecule has 13 heavy (non-hydrogen) atoms. The Kier molecular flexibility index (Phi) is 2.10. The van der Waals surface area contributed by atoms with E-state index in [-0.39, 0.29) is 0 Å². The summed E-state index contributed by atoms with van der Waals surface area (Å²) in [7, 11) is 0. The van der Waals surface area contributed by atoms with Gasteiger partial charge in [0, 0.05) is 10.7 Å². The monoisotopic (exact) mass is 238 g/mol. The van der Waals surface area contributed by atoms with E-state index in [4.69, 9.17) is 0 Å². The van der Waals surface area contributed by atoms with Crippen LogP contribution in [0.15, 0.2) is 29.3 Å². The maximum absolute atomic E-state index is 4.17. The minimum absolute atomic E-state index is 0.750. The quantitative estimate of drug-likeness (QED) is 0.761. The van der Waals surface area contributed by atoms with Crippen LogP contribution in [0.5, 0.6) is 0 Å². The standard InChI is InChI=1S/C8H7BrN4/c1-6-11-5-13(12-6)8-2-7(9)3-10-4-8/h2-5H,1H3. The summed E-state index contributed by atoms with van der Waals surface area (Å²) in [5, 5.41) is 4.17. The van der Waals surface area contributed by atoms with Crippen molar-refractivity contribution in [3.63, 3.8) is 0 Å². The molecule has 0 atom stereocenters. The van der Waals surface area contributed by atoms with Gasteiger partial charge in [-0.05, 0) is 28.9 Å². The Labute approximate surface area is 83.8 Å². The SMILES string of the molecule is Cc1ncn(-c2cncc(Br)c2)n1. The van der Waals surface area contributed by atoms with Crippen LogP contribution in [0, 0.1) is 6.92 Å². The van der Waals surface area contributed by atoms with Crippen molar-refractivity contribution in [3.05, 3.63) is 35.1 Å². The lowest BCUT2D eigenvalue weighted by Gasteiger charge is -1.98.